The van der Waals surface area contributed by atoms with E-state index >= 15 is 0 Å². The quantitative estimate of drug-likeness (QED) is 0.850. The first-order chi connectivity index (χ1) is 11.8. The summed E-state index contributed by atoms with van der Waals surface area (Å²) >= 11 is 3.98. The fourth-order valence-electron chi connectivity index (χ4n) is 3.30. The van der Waals surface area contributed by atoms with Crippen molar-refractivity contribution in [3.05, 3.63) is 29.8 Å². The van der Waals surface area contributed by atoms with Gasteiger partial charge in [-0.15, -0.1) is 23.5 Å². The van der Waals surface area contributed by atoms with Crippen LogP contribution in [0.3, 0.4) is 0 Å². The van der Waals surface area contributed by atoms with Gasteiger partial charge in [-0.25, -0.2) is 4.79 Å². The van der Waals surface area contributed by atoms with Gasteiger partial charge in [-0.2, -0.15) is 0 Å². The normalized spacial score (nSPS) is 24.2. The van der Waals surface area contributed by atoms with E-state index in [9.17, 15) is 4.79 Å². The summed E-state index contributed by atoms with van der Waals surface area (Å²) in [6.45, 7) is 2.45. The molecular formula is C18H24N2O2S2. The van der Waals surface area contributed by atoms with Crippen LogP contribution in [0.1, 0.15) is 29.4 Å². The van der Waals surface area contributed by atoms with Crippen molar-refractivity contribution in [3.63, 3.8) is 0 Å². The van der Waals surface area contributed by atoms with Crippen molar-refractivity contribution in [1.82, 2.24) is 4.90 Å². The Morgan fingerprint density at radius 1 is 1.25 bits per heavy atom. The van der Waals surface area contributed by atoms with E-state index < -0.39 is 0 Å². The Balaban J connectivity index is 1.41. The molecule has 1 atom stereocenters. The van der Waals surface area contributed by atoms with Crippen molar-refractivity contribution in [2.24, 2.45) is 5.92 Å². The second-order valence-electron chi connectivity index (χ2n) is 6.74. The number of nitrogens with zero attached hydrogens (tertiary/aromatic N) is 1. The molecule has 3 aliphatic rings. The molecule has 3 fully saturated rings. The maximum Gasteiger partial charge on any atom is 0.322 e. The van der Waals surface area contributed by atoms with Crippen LogP contribution in [0, 0.1) is 5.92 Å². The fraction of sp³-hybridized carbons (Fsp3) is 0.611. The number of carbonyl (C=O) groups excluding carboxylic acids is 1. The van der Waals surface area contributed by atoms with E-state index in [0.29, 0.717) is 16.5 Å². The van der Waals surface area contributed by atoms with Crippen molar-refractivity contribution >= 4 is 35.2 Å². The molecule has 2 heterocycles. The van der Waals surface area contributed by atoms with Crippen LogP contribution in [0.25, 0.3) is 0 Å². The number of benzene rings is 1. The SMILES string of the molecule is O=C(Nc1cccc(C2SCCS2)c1)N(C[C@H]1CCOC1)C1CC1. The lowest BCUT2D eigenvalue weighted by Gasteiger charge is -2.25. The predicted molar refractivity (Wildman–Crippen MR) is 102 cm³/mol. The Kier molecular flexibility index (Phi) is 5.25. The zero-order chi connectivity index (χ0) is 16.4. The molecular weight excluding hydrogens is 340 g/mol. The number of carbonyl (C=O) groups is 1. The van der Waals surface area contributed by atoms with Gasteiger partial charge in [0.25, 0.3) is 0 Å². The average molecular weight is 365 g/mol. The Hall–Kier alpha value is -0.850. The Morgan fingerprint density at radius 2 is 2.08 bits per heavy atom. The van der Waals surface area contributed by atoms with E-state index in [2.05, 4.69) is 23.5 Å². The Labute approximate surface area is 152 Å². The number of rotatable bonds is 5. The molecule has 0 radical (unpaired) electrons. The van der Waals surface area contributed by atoms with Crippen molar-refractivity contribution in [2.45, 2.75) is 29.9 Å². The highest BCUT2D eigenvalue weighted by Gasteiger charge is 2.35. The molecule has 2 saturated heterocycles. The van der Waals surface area contributed by atoms with Crippen molar-refractivity contribution in [1.29, 1.82) is 0 Å². The van der Waals surface area contributed by atoms with Gasteiger partial charge in [-0.3, -0.25) is 0 Å². The number of hydrogen-bond donors (Lipinski definition) is 1. The van der Waals surface area contributed by atoms with Gasteiger partial charge in [0.05, 0.1) is 11.2 Å². The molecule has 6 heteroatoms. The summed E-state index contributed by atoms with van der Waals surface area (Å²) < 4.78 is 5.98. The minimum atomic E-state index is 0.0493. The molecule has 0 bridgehead atoms. The van der Waals surface area contributed by atoms with Crippen LogP contribution >= 0.6 is 23.5 Å². The van der Waals surface area contributed by atoms with Crippen LogP contribution < -0.4 is 5.32 Å². The molecule has 0 unspecified atom stereocenters. The molecule has 130 valence electrons. The molecule has 1 aromatic carbocycles. The molecule has 0 aromatic heterocycles. The molecule has 2 aliphatic heterocycles. The topological polar surface area (TPSA) is 41.6 Å². The van der Waals surface area contributed by atoms with Gasteiger partial charge in [-0.05, 0) is 37.0 Å². The molecule has 2 amide bonds. The molecule has 4 rings (SSSR count). The van der Waals surface area contributed by atoms with E-state index in [-0.39, 0.29) is 6.03 Å². The summed E-state index contributed by atoms with van der Waals surface area (Å²) in [6.07, 6.45) is 3.34. The lowest BCUT2D eigenvalue weighted by atomic mass is 10.1. The van der Waals surface area contributed by atoms with Crippen molar-refractivity contribution < 1.29 is 9.53 Å². The zero-order valence-corrected chi connectivity index (χ0v) is 15.4. The number of urea groups is 1. The molecule has 24 heavy (non-hydrogen) atoms. The highest BCUT2D eigenvalue weighted by atomic mass is 32.2. The standard InChI is InChI=1S/C18H24N2O2S2/c21-18(20(16-4-5-16)11-13-6-7-22-12-13)19-15-3-1-2-14(10-15)17-23-8-9-24-17/h1-3,10,13,16-17H,4-9,11-12H2,(H,19,21)/t13-/m1/s1. The summed E-state index contributed by atoms with van der Waals surface area (Å²) in [7, 11) is 0. The highest BCUT2D eigenvalue weighted by molar-refractivity contribution is 8.19. The van der Waals surface area contributed by atoms with E-state index in [1.807, 2.05) is 34.5 Å². The maximum atomic E-state index is 12.8. The summed E-state index contributed by atoms with van der Waals surface area (Å²) in [5.74, 6) is 2.92. The third-order valence-corrected chi connectivity index (χ3v) is 7.86. The first kappa shape index (κ1) is 16.6. The third-order valence-electron chi connectivity index (χ3n) is 4.76. The second kappa shape index (κ2) is 7.58. The van der Waals surface area contributed by atoms with E-state index in [1.165, 1.54) is 17.1 Å². The smallest absolute Gasteiger partial charge is 0.322 e. The van der Waals surface area contributed by atoms with Gasteiger partial charge in [0.2, 0.25) is 0 Å². The number of amides is 2. The van der Waals surface area contributed by atoms with Gasteiger partial charge >= 0.3 is 6.03 Å². The first-order valence-electron chi connectivity index (χ1n) is 8.78. The number of anilines is 1. The van der Waals surface area contributed by atoms with Gasteiger partial charge in [0.15, 0.2) is 0 Å². The largest absolute Gasteiger partial charge is 0.381 e. The van der Waals surface area contributed by atoms with Crippen LogP contribution in [0.15, 0.2) is 24.3 Å². The first-order valence-corrected chi connectivity index (χ1v) is 10.9. The van der Waals surface area contributed by atoms with Crippen molar-refractivity contribution in [3.8, 4) is 0 Å². The third kappa shape index (κ3) is 4.03. The highest BCUT2D eigenvalue weighted by Crippen LogP contribution is 2.45. The molecule has 1 saturated carbocycles. The van der Waals surface area contributed by atoms with Crippen LogP contribution in [0.2, 0.25) is 0 Å². The zero-order valence-electron chi connectivity index (χ0n) is 13.8. The minimum absolute atomic E-state index is 0.0493. The van der Waals surface area contributed by atoms with Crippen molar-refractivity contribution in [2.75, 3.05) is 36.6 Å². The van der Waals surface area contributed by atoms with Crippen LogP contribution in [-0.2, 0) is 4.74 Å². The lowest BCUT2D eigenvalue weighted by molar-refractivity contribution is 0.167. The number of thioether (sulfide) groups is 2. The van der Waals surface area contributed by atoms with Gasteiger partial charge in [-0.1, -0.05) is 12.1 Å². The van der Waals surface area contributed by atoms with Crippen LogP contribution in [-0.4, -0.2) is 48.2 Å². The number of ether oxygens (including phenoxy) is 1. The summed E-state index contributed by atoms with van der Waals surface area (Å²) in [5, 5.41) is 3.13. The second-order valence-corrected chi connectivity index (χ2v) is 9.47. The van der Waals surface area contributed by atoms with Crippen LogP contribution in [0.5, 0.6) is 0 Å². The van der Waals surface area contributed by atoms with E-state index in [0.717, 1.165) is 44.7 Å². The van der Waals surface area contributed by atoms with E-state index in [1.54, 1.807) is 0 Å². The average Bonchev–Trinajstić information content (AvgIpc) is 3.08. The fourth-order valence-corrected chi connectivity index (χ4v) is 6.14. The monoisotopic (exact) mass is 364 g/mol. The molecule has 1 aromatic rings. The molecule has 1 N–H and O–H groups in total. The number of hydrogen-bond acceptors (Lipinski definition) is 4. The minimum Gasteiger partial charge on any atom is -0.381 e. The lowest BCUT2D eigenvalue weighted by Crippen LogP contribution is -2.40. The predicted octanol–water partition coefficient (Wildman–Crippen LogP) is 4.20. The summed E-state index contributed by atoms with van der Waals surface area (Å²) in [5.41, 5.74) is 2.22. The molecule has 0 spiro atoms. The summed E-state index contributed by atoms with van der Waals surface area (Å²) in [4.78, 5) is 14.8. The number of nitrogens with one attached hydrogen (secondary N) is 1. The van der Waals surface area contributed by atoms with E-state index in [4.69, 9.17) is 4.74 Å². The van der Waals surface area contributed by atoms with Crippen LogP contribution in [0.4, 0.5) is 10.5 Å². The molecule has 1 aliphatic carbocycles. The van der Waals surface area contributed by atoms with Gasteiger partial charge in [0, 0.05) is 42.3 Å². The van der Waals surface area contributed by atoms with Gasteiger partial charge in [0.1, 0.15) is 0 Å². The molecule has 4 nitrogen and oxygen atoms in total. The summed E-state index contributed by atoms with van der Waals surface area (Å²) in [6, 6.07) is 8.83. The Bertz CT molecular complexity index is 582. The Morgan fingerprint density at radius 3 is 2.79 bits per heavy atom. The maximum absolute atomic E-state index is 12.8. The van der Waals surface area contributed by atoms with Gasteiger partial charge < -0.3 is 15.0 Å².